The highest BCUT2D eigenvalue weighted by Gasteiger charge is 2.28. The summed E-state index contributed by atoms with van der Waals surface area (Å²) >= 11 is 0. The van der Waals surface area contributed by atoms with Gasteiger partial charge in [-0.25, -0.2) is 13.2 Å². The van der Waals surface area contributed by atoms with Crippen LogP contribution < -0.4 is 4.74 Å². The van der Waals surface area contributed by atoms with Gasteiger partial charge in [0.15, 0.2) is 0 Å². The highest BCUT2D eigenvalue weighted by molar-refractivity contribution is 7.89. The second-order valence-corrected chi connectivity index (χ2v) is 8.78. The number of methoxy groups -OCH3 is 1. The van der Waals surface area contributed by atoms with Gasteiger partial charge in [-0.1, -0.05) is 24.6 Å². The lowest BCUT2D eigenvalue weighted by Gasteiger charge is -2.26. The van der Waals surface area contributed by atoms with Gasteiger partial charge in [-0.2, -0.15) is 4.31 Å². The average Bonchev–Trinajstić information content (AvgIpc) is 2.73. The fourth-order valence-electron chi connectivity index (χ4n) is 3.20. The van der Waals surface area contributed by atoms with Gasteiger partial charge in [-0.05, 0) is 55.2 Å². The fourth-order valence-corrected chi connectivity index (χ4v) is 4.97. The normalized spacial score (nSPS) is 15.2. The van der Waals surface area contributed by atoms with Crippen LogP contribution in [-0.2, 0) is 21.4 Å². The van der Waals surface area contributed by atoms with Crippen LogP contribution in [0.15, 0.2) is 47.4 Å². The Balaban J connectivity index is 1.75. The summed E-state index contributed by atoms with van der Waals surface area (Å²) in [6.07, 6.45) is 2.77. The van der Waals surface area contributed by atoms with Crippen molar-refractivity contribution in [3.63, 3.8) is 0 Å². The number of hydrogen-bond acceptors (Lipinski definition) is 5. The van der Waals surface area contributed by atoms with Gasteiger partial charge in [0, 0.05) is 13.1 Å². The molecule has 6 nitrogen and oxygen atoms in total. The van der Waals surface area contributed by atoms with Gasteiger partial charge in [0.2, 0.25) is 10.0 Å². The van der Waals surface area contributed by atoms with E-state index in [0.29, 0.717) is 18.7 Å². The number of aryl methyl sites for hydroxylation is 1. The summed E-state index contributed by atoms with van der Waals surface area (Å²) in [4.78, 5) is 12.6. The lowest BCUT2D eigenvalue weighted by Crippen LogP contribution is -2.36. The van der Waals surface area contributed by atoms with Crippen LogP contribution in [-0.4, -0.2) is 38.9 Å². The van der Waals surface area contributed by atoms with E-state index in [9.17, 15) is 13.2 Å². The number of rotatable bonds is 6. The van der Waals surface area contributed by atoms with E-state index in [4.69, 9.17) is 9.47 Å². The summed E-state index contributed by atoms with van der Waals surface area (Å²) in [5, 5.41) is 0. The van der Waals surface area contributed by atoms with Crippen molar-refractivity contribution in [3.05, 3.63) is 59.2 Å². The summed E-state index contributed by atoms with van der Waals surface area (Å²) < 4.78 is 37.9. The van der Waals surface area contributed by atoms with E-state index < -0.39 is 16.0 Å². The van der Waals surface area contributed by atoms with Crippen LogP contribution in [0.25, 0.3) is 0 Å². The third-order valence-electron chi connectivity index (χ3n) is 4.89. The van der Waals surface area contributed by atoms with Crippen molar-refractivity contribution in [2.24, 2.45) is 0 Å². The van der Waals surface area contributed by atoms with Crippen molar-refractivity contribution >= 4 is 16.0 Å². The Labute approximate surface area is 166 Å². The molecule has 0 aliphatic carbocycles. The molecule has 0 atom stereocenters. The predicted octanol–water partition coefficient (Wildman–Crippen LogP) is 3.54. The number of esters is 1. The van der Waals surface area contributed by atoms with Crippen LogP contribution in [0.2, 0.25) is 0 Å². The van der Waals surface area contributed by atoms with Gasteiger partial charge in [0.05, 0.1) is 17.6 Å². The van der Waals surface area contributed by atoms with E-state index in [1.807, 2.05) is 12.1 Å². The summed E-state index contributed by atoms with van der Waals surface area (Å²) in [5.41, 5.74) is 1.68. The second-order valence-electron chi connectivity index (χ2n) is 6.87. The molecule has 28 heavy (non-hydrogen) atoms. The van der Waals surface area contributed by atoms with Gasteiger partial charge < -0.3 is 9.47 Å². The summed E-state index contributed by atoms with van der Waals surface area (Å²) in [6.45, 7) is 2.88. The third-order valence-corrected chi connectivity index (χ3v) is 6.93. The van der Waals surface area contributed by atoms with Gasteiger partial charge >= 0.3 is 5.97 Å². The van der Waals surface area contributed by atoms with Crippen LogP contribution in [0.3, 0.4) is 0 Å². The molecule has 2 aromatic rings. The van der Waals surface area contributed by atoms with Gasteiger partial charge in [-0.15, -0.1) is 0 Å². The van der Waals surface area contributed by atoms with E-state index in [1.54, 1.807) is 38.3 Å². The van der Waals surface area contributed by atoms with Crippen LogP contribution >= 0.6 is 0 Å². The third kappa shape index (κ3) is 4.54. The van der Waals surface area contributed by atoms with Crippen LogP contribution in [0.4, 0.5) is 0 Å². The lowest BCUT2D eigenvalue weighted by molar-refractivity contribution is 0.0472. The Kier molecular flexibility index (Phi) is 6.36. The molecule has 0 aromatic heterocycles. The van der Waals surface area contributed by atoms with Gasteiger partial charge in [0.1, 0.15) is 12.4 Å². The Bertz CT molecular complexity index is 932. The molecule has 0 spiro atoms. The highest BCUT2D eigenvalue weighted by atomic mass is 32.2. The molecule has 0 bridgehead atoms. The first-order chi connectivity index (χ1) is 13.4. The van der Waals surface area contributed by atoms with Crippen molar-refractivity contribution in [1.82, 2.24) is 4.31 Å². The summed E-state index contributed by atoms with van der Waals surface area (Å²) in [7, 11) is -2.03. The van der Waals surface area contributed by atoms with E-state index in [1.165, 1.54) is 10.4 Å². The van der Waals surface area contributed by atoms with E-state index >= 15 is 0 Å². The van der Waals surface area contributed by atoms with E-state index in [0.717, 1.165) is 30.6 Å². The molecule has 150 valence electrons. The lowest BCUT2D eigenvalue weighted by atomic mass is 10.1. The molecule has 1 saturated heterocycles. The van der Waals surface area contributed by atoms with Crippen LogP contribution in [0.5, 0.6) is 5.75 Å². The van der Waals surface area contributed by atoms with Crippen LogP contribution in [0, 0.1) is 6.92 Å². The number of carbonyl (C=O) groups is 1. The van der Waals surface area contributed by atoms with Crippen molar-refractivity contribution < 1.29 is 22.7 Å². The Morgan fingerprint density at radius 2 is 1.71 bits per heavy atom. The molecule has 7 heteroatoms. The minimum absolute atomic E-state index is 0.102. The molecule has 0 N–H and O–H groups in total. The zero-order chi connectivity index (χ0) is 20.1. The molecule has 0 amide bonds. The molecule has 3 rings (SSSR count). The molecule has 1 heterocycles. The zero-order valence-corrected chi connectivity index (χ0v) is 17.0. The molecule has 2 aromatic carbocycles. The molecular weight excluding hydrogens is 378 g/mol. The molecule has 0 saturated carbocycles. The predicted molar refractivity (Wildman–Crippen MR) is 106 cm³/mol. The summed E-state index contributed by atoms with van der Waals surface area (Å²) in [6, 6.07) is 11.9. The Morgan fingerprint density at radius 1 is 1.04 bits per heavy atom. The zero-order valence-electron chi connectivity index (χ0n) is 16.2. The number of piperidine rings is 1. The minimum Gasteiger partial charge on any atom is -0.497 e. The van der Waals surface area contributed by atoms with Crippen molar-refractivity contribution in [1.29, 1.82) is 0 Å². The number of nitrogens with zero attached hydrogens (tertiary/aromatic N) is 1. The number of carbonyl (C=O) groups excluding carboxylic acids is 1. The fraction of sp³-hybridized carbons (Fsp3) is 0.381. The first kappa shape index (κ1) is 20.4. The number of benzene rings is 2. The van der Waals surface area contributed by atoms with E-state index in [2.05, 4.69) is 0 Å². The largest absolute Gasteiger partial charge is 0.497 e. The minimum atomic E-state index is -3.61. The van der Waals surface area contributed by atoms with E-state index in [-0.39, 0.29) is 17.1 Å². The number of sulfonamides is 1. The highest BCUT2D eigenvalue weighted by Crippen LogP contribution is 2.25. The van der Waals surface area contributed by atoms with Gasteiger partial charge in [-0.3, -0.25) is 0 Å². The average molecular weight is 404 g/mol. The van der Waals surface area contributed by atoms with Gasteiger partial charge in [0.25, 0.3) is 0 Å². The topological polar surface area (TPSA) is 72.9 Å². The van der Waals surface area contributed by atoms with Crippen LogP contribution in [0.1, 0.15) is 40.7 Å². The smallest absolute Gasteiger partial charge is 0.338 e. The number of ether oxygens (including phenoxy) is 2. The quantitative estimate of drug-likeness (QED) is 0.690. The maximum atomic E-state index is 13.0. The summed E-state index contributed by atoms with van der Waals surface area (Å²) in [5.74, 6) is 0.173. The molecule has 0 radical (unpaired) electrons. The molecule has 1 fully saturated rings. The Hall–Kier alpha value is -2.38. The van der Waals surface area contributed by atoms with Crippen molar-refractivity contribution in [2.75, 3.05) is 20.2 Å². The maximum absolute atomic E-state index is 13.0. The monoisotopic (exact) mass is 403 g/mol. The second kappa shape index (κ2) is 8.75. The molecule has 1 aliphatic heterocycles. The maximum Gasteiger partial charge on any atom is 0.338 e. The first-order valence-electron chi connectivity index (χ1n) is 9.32. The molecule has 1 aliphatic rings. The number of hydrogen-bond donors (Lipinski definition) is 0. The Morgan fingerprint density at radius 3 is 2.36 bits per heavy atom. The first-order valence-corrected chi connectivity index (χ1v) is 10.8. The van der Waals surface area contributed by atoms with Crippen molar-refractivity contribution in [2.45, 2.75) is 37.7 Å². The molecule has 0 unspecified atom stereocenters. The standard InChI is InChI=1S/C21H25NO5S/c1-16-6-9-18(14-20(16)28(24,25)22-12-4-3-5-13-22)21(23)27-15-17-7-10-19(26-2)11-8-17/h6-11,14H,3-5,12-13,15H2,1-2H3. The molecular formula is C21H25NO5S. The SMILES string of the molecule is COc1ccc(COC(=O)c2ccc(C)c(S(=O)(=O)N3CCCCC3)c2)cc1. The van der Waals surface area contributed by atoms with Crippen molar-refractivity contribution in [3.8, 4) is 5.75 Å².